The van der Waals surface area contributed by atoms with Gasteiger partial charge in [-0.3, -0.25) is 4.79 Å². The van der Waals surface area contributed by atoms with E-state index < -0.39 is 0 Å². The van der Waals surface area contributed by atoms with E-state index in [4.69, 9.17) is 0 Å². The highest BCUT2D eigenvalue weighted by atomic mass is 32.2. The lowest BCUT2D eigenvalue weighted by Crippen LogP contribution is -2.18. The molecule has 0 spiro atoms. The highest BCUT2D eigenvalue weighted by Gasteiger charge is 2.40. The van der Waals surface area contributed by atoms with E-state index in [0.29, 0.717) is 6.42 Å². The molecule has 0 aromatic heterocycles. The van der Waals surface area contributed by atoms with Crippen LogP contribution in [0.1, 0.15) is 27.2 Å². The van der Waals surface area contributed by atoms with Crippen LogP contribution in [0.15, 0.2) is 28.2 Å². The lowest BCUT2D eigenvalue weighted by molar-refractivity contribution is -0.120. The molecule has 1 fully saturated rings. The summed E-state index contributed by atoms with van der Waals surface area (Å²) in [7, 11) is 1.65. The predicted octanol–water partition coefficient (Wildman–Crippen LogP) is 3.00. The Balaban J connectivity index is 0.00000121. The Morgan fingerprint density at radius 1 is 1.59 bits per heavy atom. The minimum Gasteiger partial charge on any atom is -0.359 e. The molecule has 0 saturated heterocycles. The second kappa shape index (κ2) is 8.12. The second-order valence-electron chi connectivity index (χ2n) is 3.27. The van der Waals surface area contributed by atoms with Crippen LogP contribution in [0.2, 0.25) is 0 Å². The zero-order valence-corrected chi connectivity index (χ0v) is 12.1. The van der Waals surface area contributed by atoms with Crippen molar-refractivity contribution in [3.63, 3.8) is 0 Å². The number of amides is 1. The lowest BCUT2D eigenvalue weighted by Gasteiger charge is -1.94. The van der Waals surface area contributed by atoms with Crippen LogP contribution in [0.25, 0.3) is 0 Å². The molecule has 3 nitrogen and oxygen atoms in total. The zero-order valence-electron chi connectivity index (χ0n) is 11.3. The summed E-state index contributed by atoms with van der Waals surface area (Å²) < 4.78 is 0. The molecule has 1 aliphatic rings. The molecule has 1 rings (SSSR count). The van der Waals surface area contributed by atoms with Crippen LogP contribution < -0.4 is 5.32 Å². The van der Waals surface area contributed by atoms with E-state index in [1.165, 1.54) is 17.3 Å². The summed E-state index contributed by atoms with van der Waals surface area (Å²) in [5.41, 5.74) is 2.19. The van der Waals surface area contributed by atoms with E-state index in [0.717, 1.165) is 10.7 Å². The van der Waals surface area contributed by atoms with Crippen molar-refractivity contribution in [2.24, 2.45) is 10.9 Å². The molecule has 0 aromatic rings. The molecule has 4 heteroatoms. The molecule has 17 heavy (non-hydrogen) atoms. The van der Waals surface area contributed by atoms with Crippen LogP contribution in [0.3, 0.4) is 0 Å². The van der Waals surface area contributed by atoms with Crippen LogP contribution in [-0.2, 0) is 4.79 Å². The molecule has 1 aliphatic carbocycles. The van der Waals surface area contributed by atoms with Crippen LogP contribution in [0.4, 0.5) is 0 Å². The van der Waals surface area contributed by atoms with E-state index >= 15 is 0 Å². The molecule has 1 amide bonds. The molecule has 96 valence electrons. The molecule has 1 atom stereocenters. The summed E-state index contributed by atoms with van der Waals surface area (Å²) in [4.78, 5) is 15.6. The van der Waals surface area contributed by atoms with E-state index in [-0.39, 0.29) is 11.8 Å². The molecule has 0 radical (unpaired) electrons. The Morgan fingerprint density at radius 2 is 2.18 bits per heavy atom. The SMILES string of the molecule is C=C(/N=C1\C(=C/C)C1CC(=O)NC)SC.CC. The number of nitrogens with zero attached hydrogens (tertiary/aromatic N) is 1. The Hall–Kier alpha value is -1.03. The van der Waals surface area contributed by atoms with Gasteiger partial charge in [0, 0.05) is 19.4 Å². The third kappa shape index (κ3) is 4.77. The number of aliphatic imine (C=N–C) groups is 1. The average Bonchev–Trinajstić information content (AvgIpc) is 3.02. The lowest BCUT2D eigenvalue weighted by atomic mass is 10.2. The highest BCUT2D eigenvalue weighted by molar-refractivity contribution is 8.02. The van der Waals surface area contributed by atoms with Gasteiger partial charge in [-0.15, -0.1) is 11.8 Å². The molecule has 1 unspecified atom stereocenters. The van der Waals surface area contributed by atoms with Gasteiger partial charge in [0.15, 0.2) is 0 Å². The van der Waals surface area contributed by atoms with Crippen LogP contribution in [0, 0.1) is 5.92 Å². The van der Waals surface area contributed by atoms with E-state index in [1.807, 2.05) is 33.1 Å². The number of hydrogen-bond acceptors (Lipinski definition) is 3. The van der Waals surface area contributed by atoms with Crippen molar-refractivity contribution in [3.05, 3.63) is 23.3 Å². The number of carbonyl (C=O) groups is 1. The Labute approximate surface area is 108 Å². The van der Waals surface area contributed by atoms with E-state index in [2.05, 4.69) is 16.9 Å². The van der Waals surface area contributed by atoms with Gasteiger partial charge in [0.2, 0.25) is 5.91 Å². The number of hydrogen-bond donors (Lipinski definition) is 1. The maximum Gasteiger partial charge on any atom is 0.220 e. The van der Waals surface area contributed by atoms with Crippen molar-refractivity contribution in [2.45, 2.75) is 27.2 Å². The third-order valence-electron chi connectivity index (χ3n) is 2.38. The van der Waals surface area contributed by atoms with E-state index in [1.54, 1.807) is 7.05 Å². The molecule has 0 aromatic carbocycles. The number of carbonyl (C=O) groups excluding carboxylic acids is 1. The van der Waals surface area contributed by atoms with Gasteiger partial charge in [-0.1, -0.05) is 26.5 Å². The van der Waals surface area contributed by atoms with E-state index in [9.17, 15) is 4.79 Å². The number of thioether (sulfide) groups is 1. The Kier molecular flexibility index (Phi) is 7.63. The van der Waals surface area contributed by atoms with Crippen molar-refractivity contribution in [1.82, 2.24) is 5.32 Å². The summed E-state index contributed by atoms with van der Waals surface area (Å²) in [6, 6.07) is 0. The molecule has 0 aliphatic heterocycles. The van der Waals surface area contributed by atoms with Gasteiger partial charge in [0.1, 0.15) is 0 Å². The summed E-state index contributed by atoms with van der Waals surface area (Å²) in [5.74, 6) is 0.262. The fourth-order valence-corrected chi connectivity index (χ4v) is 1.63. The quantitative estimate of drug-likeness (QED) is 0.838. The van der Waals surface area contributed by atoms with Gasteiger partial charge < -0.3 is 5.32 Å². The van der Waals surface area contributed by atoms with Crippen LogP contribution >= 0.6 is 11.8 Å². The molecule has 0 bridgehead atoms. The van der Waals surface area contributed by atoms with Gasteiger partial charge in [-0.05, 0) is 18.8 Å². The number of nitrogens with one attached hydrogen (secondary N) is 1. The first kappa shape index (κ1) is 16.0. The van der Waals surface area contributed by atoms with Crippen molar-refractivity contribution in [3.8, 4) is 0 Å². The monoisotopic (exact) mass is 254 g/mol. The fourth-order valence-electron chi connectivity index (χ4n) is 1.44. The minimum atomic E-state index is 0.0549. The topological polar surface area (TPSA) is 41.5 Å². The van der Waals surface area contributed by atoms with Crippen molar-refractivity contribution in [2.75, 3.05) is 13.3 Å². The third-order valence-corrected chi connectivity index (χ3v) is 2.94. The smallest absolute Gasteiger partial charge is 0.220 e. The molecular formula is C13H22N2OS. The highest BCUT2D eigenvalue weighted by Crippen LogP contribution is 2.38. The Morgan fingerprint density at radius 3 is 2.59 bits per heavy atom. The number of allylic oxidation sites excluding steroid dienone is 2. The van der Waals surface area contributed by atoms with Crippen molar-refractivity contribution in [1.29, 1.82) is 0 Å². The van der Waals surface area contributed by atoms with Crippen molar-refractivity contribution < 1.29 is 4.79 Å². The summed E-state index contributed by atoms with van der Waals surface area (Å²) in [6.45, 7) is 9.77. The maximum atomic E-state index is 11.2. The van der Waals surface area contributed by atoms with Gasteiger partial charge in [-0.25, -0.2) is 4.99 Å². The van der Waals surface area contributed by atoms with Crippen molar-refractivity contribution >= 4 is 23.4 Å². The zero-order chi connectivity index (χ0) is 13.4. The summed E-state index contributed by atoms with van der Waals surface area (Å²) in [5, 5.41) is 3.42. The second-order valence-corrected chi connectivity index (χ2v) is 4.15. The predicted molar refractivity (Wildman–Crippen MR) is 77.4 cm³/mol. The normalized spacial score (nSPS) is 21.8. The van der Waals surface area contributed by atoms with Gasteiger partial charge >= 0.3 is 0 Å². The molecular weight excluding hydrogens is 232 g/mol. The number of rotatable bonds is 4. The molecule has 1 N–H and O–H groups in total. The first-order valence-electron chi connectivity index (χ1n) is 5.82. The van der Waals surface area contributed by atoms with Gasteiger partial charge in [0.05, 0.1) is 10.7 Å². The minimum absolute atomic E-state index is 0.0549. The standard InChI is InChI=1S/C11H16N2OS.C2H6/c1-5-8-9(6-10(14)12-3)11(8)13-7(2)15-4;1-2/h5,9H,2,6H2,1,3-4H3,(H,12,14);1-2H3/b8-5-,13-11+;. The average molecular weight is 254 g/mol. The van der Waals surface area contributed by atoms with Crippen LogP contribution in [-0.4, -0.2) is 24.9 Å². The molecule has 1 saturated carbocycles. The Bertz CT molecular complexity index is 345. The molecule has 0 heterocycles. The van der Waals surface area contributed by atoms with Gasteiger partial charge in [-0.2, -0.15) is 0 Å². The van der Waals surface area contributed by atoms with Gasteiger partial charge in [0.25, 0.3) is 0 Å². The first-order valence-corrected chi connectivity index (χ1v) is 7.05. The van der Waals surface area contributed by atoms with Crippen LogP contribution in [0.5, 0.6) is 0 Å². The fraction of sp³-hybridized carbons (Fsp3) is 0.538. The maximum absolute atomic E-state index is 11.2. The summed E-state index contributed by atoms with van der Waals surface area (Å²) >= 11 is 1.52. The summed E-state index contributed by atoms with van der Waals surface area (Å²) in [6.07, 6.45) is 4.45. The first-order chi connectivity index (χ1) is 8.13. The largest absolute Gasteiger partial charge is 0.359 e.